The van der Waals surface area contributed by atoms with E-state index in [1.165, 1.54) is 13.2 Å². The first kappa shape index (κ1) is 11.4. The Kier molecular flexibility index (Phi) is 2.90. The summed E-state index contributed by atoms with van der Waals surface area (Å²) >= 11 is 8.80. The van der Waals surface area contributed by atoms with Crippen molar-refractivity contribution in [2.24, 2.45) is 0 Å². The number of fused-ring (bicyclic) bond motifs is 1. The summed E-state index contributed by atoms with van der Waals surface area (Å²) in [4.78, 5) is 14.1. The van der Waals surface area contributed by atoms with E-state index in [9.17, 15) is 9.18 Å². The first-order chi connectivity index (χ1) is 7.56. The first-order valence-corrected chi connectivity index (χ1v) is 5.47. The minimum Gasteiger partial charge on any atom is -0.464 e. The van der Waals surface area contributed by atoms with Gasteiger partial charge in [-0.1, -0.05) is 11.6 Å². The molecule has 0 amide bonds. The quantitative estimate of drug-likeness (QED) is 0.819. The van der Waals surface area contributed by atoms with E-state index in [-0.39, 0.29) is 16.1 Å². The van der Waals surface area contributed by atoms with Crippen LogP contribution < -0.4 is 0 Å². The zero-order chi connectivity index (χ0) is 11.9. The molecule has 6 heteroatoms. The number of nitrogens with one attached hydrogen (secondary N) is 1. The highest BCUT2D eigenvalue weighted by Gasteiger charge is 2.20. The maximum Gasteiger partial charge on any atom is 0.355 e. The van der Waals surface area contributed by atoms with Crippen molar-refractivity contribution in [1.29, 1.82) is 0 Å². The average Bonchev–Trinajstić information content (AvgIpc) is 2.61. The molecule has 16 heavy (non-hydrogen) atoms. The fraction of sp³-hybridized carbons (Fsp3) is 0.100. The minimum absolute atomic E-state index is 0.00335. The Hall–Kier alpha value is -1.07. The molecule has 1 N–H and O–H groups in total. The molecular weight excluding hydrogens is 300 g/mol. The molecule has 1 heterocycles. The summed E-state index contributed by atoms with van der Waals surface area (Å²) in [7, 11) is 1.25. The largest absolute Gasteiger partial charge is 0.464 e. The number of carbonyl (C=O) groups excluding carboxylic acids is 1. The molecule has 0 radical (unpaired) electrons. The number of rotatable bonds is 1. The third kappa shape index (κ3) is 1.60. The third-order valence-corrected chi connectivity index (χ3v) is 3.27. The van der Waals surface area contributed by atoms with Gasteiger partial charge in [0.1, 0.15) is 5.69 Å². The van der Waals surface area contributed by atoms with Crippen LogP contribution in [-0.4, -0.2) is 18.1 Å². The molecule has 0 aliphatic carbocycles. The first-order valence-electron chi connectivity index (χ1n) is 4.29. The molecule has 0 saturated heterocycles. The Morgan fingerprint density at radius 1 is 1.56 bits per heavy atom. The van der Waals surface area contributed by atoms with Gasteiger partial charge in [-0.2, -0.15) is 0 Å². The molecule has 0 fully saturated rings. The van der Waals surface area contributed by atoms with Crippen molar-refractivity contribution in [2.45, 2.75) is 0 Å². The molecule has 1 aromatic heterocycles. The monoisotopic (exact) mass is 305 g/mol. The van der Waals surface area contributed by atoms with Crippen molar-refractivity contribution in [1.82, 2.24) is 4.98 Å². The lowest BCUT2D eigenvalue weighted by atomic mass is 10.2. The summed E-state index contributed by atoms with van der Waals surface area (Å²) in [6, 6.07) is 3.02. The fourth-order valence-electron chi connectivity index (χ4n) is 1.43. The summed E-state index contributed by atoms with van der Waals surface area (Å²) in [5.41, 5.74) is 0.646. The Morgan fingerprint density at radius 2 is 2.25 bits per heavy atom. The van der Waals surface area contributed by atoms with Crippen molar-refractivity contribution in [3.63, 3.8) is 0 Å². The van der Waals surface area contributed by atoms with Gasteiger partial charge in [0.2, 0.25) is 0 Å². The van der Waals surface area contributed by atoms with Crippen LogP contribution in [0.3, 0.4) is 0 Å². The smallest absolute Gasteiger partial charge is 0.355 e. The molecule has 0 aliphatic heterocycles. The standard InChI is InChI=1S/C10H6BrClFNO2/c1-16-10(15)9-7(11)6-5(14-9)3-2-4(12)8(6)13/h2-3,14H,1H3. The van der Waals surface area contributed by atoms with Gasteiger partial charge in [0.15, 0.2) is 5.82 Å². The zero-order valence-electron chi connectivity index (χ0n) is 8.11. The van der Waals surface area contributed by atoms with E-state index in [4.69, 9.17) is 11.6 Å². The van der Waals surface area contributed by atoms with Crippen LogP contribution in [-0.2, 0) is 4.74 Å². The van der Waals surface area contributed by atoms with E-state index < -0.39 is 11.8 Å². The van der Waals surface area contributed by atoms with Gasteiger partial charge in [-0.05, 0) is 28.1 Å². The van der Waals surface area contributed by atoms with Gasteiger partial charge in [0.25, 0.3) is 0 Å². The van der Waals surface area contributed by atoms with Gasteiger partial charge in [-0.25, -0.2) is 9.18 Å². The highest BCUT2D eigenvalue weighted by molar-refractivity contribution is 9.10. The number of aromatic nitrogens is 1. The van der Waals surface area contributed by atoms with Crippen molar-refractivity contribution in [2.75, 3.05) is 7.11 Å². The van der Waals surface area contributed by atoms with E-state index in [1.807, 2.05) is 0 Å². The summed E-state index contributed by atoms with van der Waals surface area (Å²) < 4.78 is 18.6. The molecule has 0 saturated carbocycles. The molecule has 0 bridgehead atoms. The number of esters is 1. The maximum atomic E-state index is 13.7. The van der Waals surface area contributed by atoms with E-state index in [1.54, 1.807) is 6.07 Å². The molecule has 0 atom stereocenters. The molecule has 84 valence electrons. The van der Waals surface area contributed by atoms with Crippen LogP contribution in [0, 0.1) is 5.82 Å². The lowest BCUT2D eigenvalue weighted by Crippen LogP contribution is -2.01. The normalized spacial score (nSPS) is 10.8. The fourth-order valence-corrected chi connectivity index (χ4v) is 2.23. The predicted molar refractivity (Wildman–Crippen MR) is 62.3 cm³/mol. The van der Waals surface area contributed by atoms with Gasteiger partial charge in [0, 0.05) is 0 Å². The van der Waals surface area contributed by atoms with Crippen LogP contribution in [0.25, 0.3) is 10.9 Å². The second-order valence-corrected chi connectivity index (χ2v) is 4.29. The molecule has 0 aliphatic rings. The number of aromatic amines is 1. The SMILES string of the molecule is COC(=O)c1[nH]c2ccc(Cl)c(F)c2c1Br. The number of methoxy groups -OCH3 is 1. The second kappa shape index (κ2) is 4.07. The lowest BCUT2D eigenvalue weighted by molar-refractivity contribution is 0.0594. The highest BCUT2D eigenvalue weighted by Crippen LogP contribution is 2.33. The van der Waals surface area contributed by atoms with Crippen LogP contribution in [0.5, 0.6) is 0 Å². The van der Waals surface area contributed by atoms with Crippen LogP contribution >= 0.6 is 27.5 Å². The zero-order valence-corrected chi connectivity index (χ0v) is 10.4. The number of carbonyl (C=O) groups is 1. The molecule has 1 aromatic carbocycles. The van der Waals surface area contributed by atoms with Gasteiger partial charge < -0.3 is 9.72 Å². The van der Waals surface area contributed by atoms with Crippen molar-refractivity contribution in [3.8, 4) is 0 Å². The minimum atomic E-state index is -0.572. The Labute approximate surface area is 104 Å². The number of benzene rings is 1. The van der Waals surface area contributed by atoms with Crippen molar-refractivity contribution in [3.05, 3.63) is 33.1 Å². The van der Waals surface area contributed by atoms with Gasteiger partial charge >= 0.3 is 5.97 Å². The molecule has 2 aromatic rings. The number of hydrogen-bond acceptors (Lipinski definition) is 2. The van der Waals surface area contributed by atoms with Gasteiger partial charge in [-0.15, -0.1) is 0 Å². The van der Waals surface area contributed by atoms with E-state index in [0.29, 0.717) is 9.99 Å². The number of ether oxygens (including phenoxy) is 1. The van der Waals surface area contributed by atoms with Gasteiger partial charge in [-0.3, -0.25) is 0 Å². The molecule has 0 spiro atoms. The number of H-pyrrole nitrogens is 1. The number of hydrogen-bond donors (Lipinski definition) is 1. The van der Waals surface area contributed by atoms with Crippen LogP contribution in [0.1, 0.15) is 10.5 Å². The Balaban J connectivity index is 2.79. The summed E-state index contributed by atoms with van der Waals surface area (Å²) in [5.74, 6) is -1.14. The molecule has 0 unspecified atom stereocenters. The average molecular weight is 307 g/mol. The van der Waals surface area contributed by atoms with E-state index in [0.717, 1.165) is 0 Å². The summed E-state index contributed by atoms with van der Waals surface area (Å²) in [5, 5.41) is 0.247. The molecule has 2 rings (SSSR count). The third-order valence-electron chi connectivity index (χ3n) is 2.18. The van der Waals surface area contributed by atoms with Crippen molar-refractivity contribution >= 4 is 44.4 Å². The molecular formula is C10H6BrClFNO2. The maximum absolute atomic E-state index is 13.7. The van der Waals surface area contributed by atoms with Crippen LogP contribution in [0.2, 0.25) is 5.02 Å². The summed E-state index contributed by atoms with van der Waals surface area (Å²) in [6.45, 7) is 0. The Bertz CT molecular complexity index is 582. The second-order valence-electron chi connectivity index (χ2n) is 3.09. The van der Waals surface area contributed by atoms with Gasteiger partial charge in [0.05, 0.1) is 27.5 Å². The van der Waals surface area contributed by atoms with Crippen LogP contribution in [0.4, 0.5) is 4.39 Å². The van der Waals surface area contributed by atoms with E-state index >= 15 is 0 Å². The topological polar surface area (TPSA) is 42.1 Å². The predicted octanol–water partition coefficient (Wildman–Crippen LogP) is 3.51. The summed E-state index contributed by atoms with van der Waals surface area (Å²) in [6.07, 6.45) is 0. The number of halogens is 3. The van der Waals surface area contributed by atoms with Crippen LogP contribution in [0.15, 0.2) is 16.6 Å². The van der Waals surface area contributed by atoms with E-state index in [2.05, 4.69) is 25.7 Å². The highest BCUT2D eigenvalue weighted by atomic mass is 79.9. The Morgan fingerprint density at radius 3 is 2.88 bits per heavy atom. The lowest BCUT2D eigenvalue weighted by Gasteiger charge is -1.96. The van der Waals surface area contributed by atoms with Crippen molar-refractivity contribution < 1.29 is 13.9 Å². The molecule has 3 nitrogen and oxygen atoms in total.